The molecule has 0 radical (unpaired) electrons. The molecule has 2 rings (SSSR count). The molecule has 25 heavy (non-hydrogen) atoms. The zero-order valence-electron chi connectivity index (χ0n) is 16.1. The van der Waals surface area contributed by atoms with Crippen molar-refractivity contribution in [2.24, 2.45) is 5.41 Å². The van der Waals surface area contributed by atoms with Crippen LogP contribution in [0.15, 0.2) is 30.3 Å². The average Bonchev–Trinajstić information content (AvgIpc) is 2.89. The van der Waals surface area contributed by atoms with Crippen molar-refractivity contribution in [1.29, 1.82) is 0 Å². The molecule has 1 atom stereocenters. The summed E-state index contributed by atoms with van der Waals surface area (Å²) >= 11 is 0. The molecule has 0 aromatic heterocycles. The number of amides is 1. The Hall–Kier alpha value is -1.39. The molecule has 0 spiro atoms. The zero-order valence-corrected chi connectivity index (χ0v) is 16.1. The van der Waals surface area contributed by atoms with Crippen LogP contribution in [0.3, 0.4) is 0 Å². The van der Waals surface area contributed by atoms with E-state index in [9.17, 15) is 4.79 Å². The van der Waals surface area contributed by atoms with Gasteiger partial charge in [-0.25, -0.2) is 0 Å². The van der Waals surface area contributed by atoms with E-state index >= 15 is 0 Å². The van der Waals surface area contributed by atoms with Crippen LogP contribution in [0.25, 0.3) is 0 Å². The molecule has 1 heterocycles. The second kappa shape index (κ2) is 9.93. The van der Waals surface area contributed by atoms with Gasteiger partial charge in [-0.15, -0.1) is 0 Å². The first kappa shape index (κ1) is 19.9. The summed E-state index contributed by atoms with van der Waals surface area (Å²) in [5.41, 5.74) is 1.27. The van der Waals surface area contributed by atoms with Gasteiger partial charge in [0.05, 0.1) is 6.61 Å². The monoisotopic (exact) mass is 346 g/mol. The highest BCUT2D eigenvalue weighted by atomic mass is 16.5. The Labute approximate surface area is 152 Å². The average molecular weight is 347 g/mol. The first-order valence-corrected chi connectivity index (χ1v) is 9.63. The van der Waals surface area contributed by atoms with Crippen LogP contribution in [-0.4, -0.2) is 43.2 Å². The Morgan fingerprint density at radius 3 is 2.44 bits per heavy atom. The number of hydrogen-bond acceptors (Lipinski definition) is 3. The van der Waals surface area contributed by atoms with E-state index in [0.717, 1.165) is 39.0 Å². The van der Waals surface area contributed by atoms with Crippen LogP contribution in [0.2, 0.25) is 0 Å². The Bertz CT molecular complexity index is 508. The minimum Gasteiger partial charge on any atom is -0.368 e. The van der Waals surface area contributed by atoms with Crippen molar-refractivity contribution in [3.05, 3.63) is 35.9 Å². The molecule has 1 aliphatic rings. The maximum Gasteiger partial charge on any atom is 0.251 e. The number of nitrogens with one attached hydrogen (secondary N) is 1. The van der Waals surface area contributed by atoms with Crippen molar-refractivity contribution in [3.8, 4) is 0 Å². The maximum absolute atomic E-state index is 12.6. The Morgan fingerprint density at radius 1 is 1.16 bits per heavy atom. The smallest absolute Gasteiger partial charge is 0.251 e. The third-order valence-electron chi connectivity index (χ3n) is 4.77. The summed E-state index contributed by atoms with van der Waals surface area (Å²) in [6.45, 7) is 10.3. The van der Waals surface area contributed by atoms with Crippen molar-refractivity contribution in [1.82, 2.24) is 10.2 Å². The van der Waals surface area contributed by atoms with Gasteiger partial charge in [-0.2, -0.15) is 0 Å². The number of rotatable bonds is 8. The van der Waals surface area contributed by atoms with Crippen molar-refractivity contribution in [2.45, 2.75) is 59.1 Å². The highest BCUT2D eigenvalue weighted by Crippen LogP contribution is 2.17. The topological polar surface area (TPSA) is 41.6 Å². The Kier molecular flexibility index (Phi) is 7.91. The highest BCUT2D eigenvalue weighted by Gasteiger charge is 2.25. The Balaban J connectivity index is 1.71. The SMILES string of the molecule is CC(OCC(C)(C)CNCc1ccccc1)C(=O)N1CCCCCC1. The molecule has 1 aromatic rings. The van der Waals surface area contributed by atoms with Crippen LogP contribution < -0.4 is 5.32 Å². The lowest BCUT2D eigenvalue weighted by Crippen LogP contribution is -2.42. The van der Waals surface area contributed by atoms with Gasteiger partial charge in [0.25, 0.3) is 5.91 Å². The largest absolute Gasteiger partial charge is 0.368 e. The van der Waals surface area contributed by atoms with Gasteiger partial charge < -0.3 is 15.0 Å². The number of benzene rings is 1. The molecular weight excluding hydrogens is 312 g/mol. The van der Waals surface area contributed by atoms with Gasteiger partial charge in [0, 0.05) is 31.6 Å². The first-order chi connectivity index (χ1) is 12.0. The van der Waals surface area contributed by atoms with Crippen molar-refractivity contribution in [3.63, 3.8) is 0 Å². The van der Waals surface area contributed by atoms with E-state index in [1.54, 1.807) is 0 Å². The predicted molar refractivity (Wildman–Crippen MR) is 102 cm³/mol. The van der Waals surface area contributed by atoms with Gasteiger partial charge >= 0.3 is 0 Å². The van der Waals surface area contributed by atoms with E-state index in [1.165, 1.54) is 18.4 Å². The summed E-state index contributed by atoms with van der Waals surface area (Å²) in [5.74, 6) is 0.148. The molecule has 1 unspecified atom stereocenters. The highest BCUT2D eigenvalue weighted by molar-refractivity contribution is 5.80. The van der Waals surface area contributed by atoms with Crippen molar-refractivity contribution < 1.29 is 9.53 Å². The summed E-state index contributed by atoms with van der Waals surface area (Å²) in [6, 6.07) is 10.4. The lowest BCUT2D eigenvalue weighted by Gasteiger charge is -2.29. The molecule has 1 aliphatic heterocycles. The molecule has 0 saturated carbocycles. The molecule has 1 amide bonds. The van der Waals surface area contributed by atoms with Gasteiger partial charge in [-0.05, 0) is 25.3 Å². The van der Waals surface area contributed by atoms with Crippen LogP contribution in [0.1, 0.15) is 52.0 Å². The fourth-order valence-corrected chi connectivity index (χ4v) is 3.16. The fraction of sp³-hybridized carbons (Fsp3) is 0.667. The Morgan fingerprint density at radius 2 is 1.80 bits per heavy atom. The summed E-state index contributed by atoms with van der Waals surface area (Å²) < 4.78 is 5.93. The quantitative estimate of drug-likeness (QED) is 0.782. The molecule has 1 saturated heterocycles. The van der Waals surface area contributed by atoms with E-state index in [2.05, 4.69) is 43.4 Å². The van der Waals surface area contributed by atoms with E-state index in [-0.39, 0.29) is 17.4 Å². The number of carbonyl (C=O) groups excluding carboxylic acids is 1. The minimum atomic E-state index is -0.355. The first-order valence-electron chi connectivity index (χ1n) is 9.63. The third kappa shape index (κ3) is 7.17. The standard InChI is InChI=1S/C21H34N2O2/c1-18(20(24)23-13-9-4-5-10-14-23)25-17-21(2,3)16-22-15-19-11-7-6-8-12-19/h6-8,11-12,18,22H,4-5,9-10,13-17H2,1-3H3. The molecule has 1 aromatic carbocycles. The lowest BCUT2D eigenvalue weighted by atomic mass is 9.94. The summed E-state index contributed by atoms with van der Waals surface area (Å²) in [6.07, 6.45) is 4.35. The minimum absolute atomic E-state index is 0.0118. The van der Waals surface area contributed by atoms with E-state index < -0.39 is 0 Å². The normalized spacial score (nSPS) is 17.2. The lowest BCUT2D eigenvalue weighted by molar-refractivity contribution is -0.144. The number of hydrogen-bond donors (Lipinski definition) is 1. The summed E-state index contributed by atoms with van der Waals surface area (Å²) in [7, 11) is 0. The van der Waals surface area contributed by atoms with Gasteiger partial charge in [-0.1, -0.05) is 57.0 Å². The van der Waals surface area contributed by atoms with Crippen molar-refractivity contribution >= 4 is 5.91 Å². The number of nitrogens with zero attached hydrogens (tertiary/aromatic N) is 1. The zero-order chi connectivity index (χ0) is 18.1. The molecule has 1 fully saturated rings. The van der Waals surface area contributed by atoms with Crippen LogP contribution >= 0.6 is 0 Å². The maximum atomic E-state index is 12.6. The van der Waals surface area contributed by atoms with E-state index in [0.29, 0.717) is 6.61 Å². The molecule has 140 valence electrons. The third-order valence-corrected chi connectivity index (χ3v) is 4.77. The van der Waals surface area contributed by atoms with E-state index in [4.69, 9.17) is 4.74 Å². The summed E-state index contributed by atoms with van der Waals surface area (Å²) in [5, 5.41) is 3.49. The molecule has 4 heteroatoms. The number of carbonyl (C=O) groups is 1. The predicted octanol–water partition coefficient (Wildman–Crippen LogP) is 3.61. The van der Waals surface area contributed by atoms with E-state index in [1.807, 2.05) is 17.9 Å². The summed E-state index contributed by atoms with van der Waals surface area (Å²) in [4.78, 5) is 14.5. The molecule has 0 bridgehead atoms. The molecule has 0 aliphatic carbocycles. The molecule has 1 N–H and O–H groups in total. The van der Waals surface area contributed by atoms with Crippen molar-refractivity contribution in [2.75, 3.05) is 26.2 Å². The second-order valence-corrected chi connectivity index (χ2v) is 7.95. The van der Waals surface area contributed by atoms with Crippen LogP contribution in [-0.2, 0) is 16.1 Å². The van der Waals surface area contributed by atoms with Gasteiger partial charge in [0.15, 0.2) is 0 Å². The van der Waals surface area contributed by atoms with Gasteiger partial charge in [-0.3, -0.25) is 4.79 Å². The fourth-order valence-electron chi connectivity index (χ4n) is 3.16. The van der Waals surface area contributed by atoms with Gasteiger partial charge in [0.1, 0.15) is 6.10 Å². The molecular formula is C21H34N2O2. The number of likely N-dealkylation sites (tertiary alicyclic amines) is 1. The molecule has 4 nitrogen and oxygen atoms in total. The van der Waals surface area contributed by atoms with Gasteiger partial charge in [0.2, 0.25) is 0 Å². The second-order valence-electron chi connectivity index (χ2n) is 7.95. The van der Waals surface area contributed by atoms with Crippen LogP contribution in [0.5, 0.6) is 0 Å². The van der Waals surface area contributed by atoms with Crippen LogP contribution in [0, 0.1) is 5.41 Å². The van der Waals surface area contributed by atoms with Crippen LogP contribution in [0.4, 0.5) is 0 Å². The number of ether oxygens (including phenoxy) is 1.